The van der Waals surface area contributed by atoms with Gasteiger partial charge in [0.1, 0.15) is 18.6 Å². The average Bonchev–Trinajstić information content (AvgIpc) is 2.73. The van der Waals surface area contributed by atoms with Crippen molar-refractivity contribution in [1.82, 2.24) is 20.9 Å². The van der Waals surface area contributed by atoms with E-state index in [0.29, 0.717) is 12.8 Å². The van der Waals surface area contributed by atoms with Gasteiger partial charge in [0, 0.05) is 7.05 Å². The van der Waals surface area contributed by atoms with Gasteiger partial charge in [-0.05, 0) is 38.3 Å². The van der Waals surface area contributed by atoms with E-state index in [9.17, 15) is 19.2 Å². The Balaban J connectivity index is 2.81. The lowest BCUT2D eigenvalue weighted by Gasteiger charge is -2.30. The average molecular weight is 435 g/mol. The molecule has 0 bridgehead atoms. The molecule has 9 heteroatoms. The molecule has 1 aromatic carbocycles. The van der Waals surface area contributed by atoms with Crippen LogP contribution in [0.4, 0.5) is 0 Å². The highest BCUT2D eigenvalue weighted by Gasteiger charge is 2.30. The maximum absolute atomic E-state index is 12.9. The minimum absolute atomic E-state index is 0.0927. The van der Waals surface area contributed by atoms with Gasteiger partial charge in [0.05, 0.1) is 6.04 Å². The fourth-order valence-corrected chi connectivity index (χ4v) is 3.06. The number of rotatable bonds is 12. The number of benzene rings is 1. The third kappa shape index (κ3) is 8.75. The summed E-state index contributed by atoms with van der Waals surface area (Å²) in [5.41, 5.74) is 0.993. The second-order valence-corrected chi connectivity index (χ2v) is 7.96. The fourth-order valence-electron chi connectivity index (χ4n) is 3.06. The fraction of sp³-hybridized carbons (Fsp3) is 0.545. The van der Waals surface area contributed by atoms with Gasteiger partial charge >= 0.3 is 5.97 Å². The molecule has 0 spiro atoms. The molecule has 0 aliphatic carbocycles. The number of amides is 3. The third-order valence-electron chi connectivity index (χ3n) is 4.99. The molecule has 9 nitrogen and oxygen atoms in total. The van der Waals surface area contributed by atoms with Crippen LogP contribution in [-0.4, -0.2) is 72.5 Å². The predicted octanol–water partition coefficient (Wildman–Crippen LogP) is 0.396. The number of nitrogens with one attached hydrogen (secondary N) is 3. The normalized spacial score (nSPS) is 13.7. The summed E-state index contributed by atoms with van der Waals surface area (Å²) >= 11 is 0. The highest BCUT2D eigenvalue weighted by atomic mass is 16.4. The van der Waals surface area contributed by atoms with E-state index in [1.54, 1.807) is 21.0 Å². The van der Waals surface area contributed by atoms with Crippen LogP contribution in [-0.2, 0) is 25.6 Å². The molecule has 0 unspecified atom stereocenters. The Morgan fingerprint density at radius 2 is 1.61 bits per heavy atom. The largest absolute Gasteiger partial charge is 0.480 e. The van der Waals surface area contributed by atoms with Gasteiger partial charge < -0.3 is 26.0 Å². The first-order chi connectivity index (χ1) is 14.6. The smallest absolute Gasteiger partial charge is 0.322 e. The molecule has 0 aromatic heterocycles. The summed E-state index contributed by atoms with van der Waals surface area (Å²) in [6.07, 6.45) is 0.817. The van der Waals surface area contributed by atoms with Crippen LogP contribution >= 0.6 is 0 Å². The number of nitrogens with zero attached hydrogens (tertiary/aromatic N) is 1. The first-order valence-corrected chi connectivity index (χ1v) is 10.3. The Kier molecular flexibility index (Phi) is 10.7. The molecule has 0 radical (unpaired) electrons. The van der Waals surface area contributed by atoms with Crippen molar-refractivity contribution in [3.8, 4) is 0 Å². The Hall–Kier alpha value is -2.94. The quantitative estimate of drug-likeness (QED) is 0.377. The summed E-state index contributed by atoms with van der Waals surface area (Å²) in [6.45, 7) is 4.85. The summed E-state index contributed by atoms with van der Waals surface area (Å²) in [5.74, 6) is -2.37. The molecule has 0 saturated carbocycles. The number of likely N-dealkylation sites (N-methyl/N-ethyl adjacent to an activating group) is 2. The third-order valence-corrected chi connectivity index (χ3v) is 4.99. The van der Waals surface area contributed by atoms with E-state index >= 15 is 0 Å². The van der Waals surface area contributed by atoms with E-state index in [2.05, 4.69) is 16.0 Å². The van der Waals surface area contributed by atoms with Gasteiger partial charge in [-0.2, -0.15) is 0 Å². The molecule has 0 aliphatic heterocycles. The van der Waals surface area contributed by atoms with Crippen molar-refractivity contribution in [2.24, 2.45) is 5.92 Å². The van der Waals surface area contributed by atoms with E-state index in [4.69, 9.17) is 5.11 Å². The predicted molar refractivity (Wildman–Crippen MR) is 117 cm³/mol. The van der Waals surface area contributed by atoms with E-state index < -0.39 is 42.5 Å². The maximum Gasteiger partial charge on any atom is 0.322 e. The zero-order valence-electron chi connectivity index (χ0n) is 18.8. The van der Waals surface area contributed by atoms with Crippen LogP contribution in [0.1, 0.15) is 32.8 Å². The summed E-state index contributed by atoms with van der Waals surface area (Å²) < 4.78 is 0. The number of hydrogen-bond acceptors (Lipinski definition) is 5. The van der Waals surface area contributed by atoms with Crippen LogP contribution in [0.2, 0.25) is 0 Å². The zero-order valence-corrected chi connectivity index (χ0v) is 18.8. The van der Waals surface area contributed by atoms with Crippen molar-refractivity contribution < 1.29 is 24.3 Å². The number of carboxylic acids is 1. The van der Waals surface area contributed by atoms with Gasteiger partial charge in [-0.3, -0.25) is 19.2 Å². The van der Waals surface area contributed by atoms with Crippen molar-refractivity contribution >= 4 is 23.7 Å². The van der Waals surface area contributed by atoms with Crippen molar-refractivity contribution in [3.05, 3.63) is 35.9 Å². The molecule has 1 aromatic rings. The van der Waals surface area contributed by atoms with Crippen LogP contribution in [0, 0.1) is 5.92 Å². The molecule has 0 heterocycles. The number of hydrogen-bond donors (Lipinski definition) is 4. The van der Waals surface area contributed by atoms with Crippen LogP contribution in [0.3, 0.4) is 0 Å². The summed E-state index contributed by atoms with van der Waals surface area (Å²) in [4.78, 5) is 50.1. The second-order valence-electron chi connectivity index (χ2n) is 7.96. The van der Waals surface area contributed by atoms with Crippen molar-refractivity contribution in [2.45, 2.75) is 51.7 Å². The van der Waals surface area contributed by atoms with E-state index in [1.165, 1.54) is 4.90 Å². The Morgan fingerprint density at radius 1 is 1.00 bits per heavy atom. The van der Waals surface area contributed by atoms with Crippen LogP contribution < -0.4 is 16.0 Å². The Labute approximate surface area is 183 Å². The molecule has 1 rings (SSSR count). The highest BCUT2D eigenvalue weighted by molar-refractivity contribution is 5.93. The number of carboxylic acid groups (broad SMARTS) is 1. The molecule has 3 atom stereocenters. The van der Waals surface area contributed by atoms with Crippen LogP contribution in [0.25, 0.3) is 0 Å². The van der Waals surface area contributed by atoms with Gasteiger partial charge in [0.25, 0.3) is 0 Å². The second kappa shape index (κ2) is 12.7. The lowest BCUT2D eigenvalue weighted by molar-refractivity contribution is -0.141. The highest BCUT2D eigenvalue weighted by Crippen LogP contribution is 2.09. The molecule has 172 valence electrons. The SMILES string of the molecule is CN[C@@H](Cc1ccccc1)C(=O)N(C)[C@@H](C)C(=O)N[C@@H](CC(C)C)C(=O)NCC(=O)O. The number of carbonyl (C=O) groups is 4. The minimum Gasteiger partial charge on any atom is -0.480 e. The molecule has 0 fully saturated rings. The number of carbonyl (C=O) groups excluding carboxylic acids is 3. The zero-order chi connectivity index (χ0) is 23.6. The maximum atomic E-state index is 12.9. The lowest BCUT2D eigenvalue weighted by Crippen LogP contribution is -2.56. The van der Waals surface area contributed by atoms with Crippen molar-refractivity contribution in [3.63, 3.8) is 0 Å². The molecule has 31 heavy (non-hydrogen) atoms. The van der Waals surface area contributed by atoms with Crippen molar-refractivity contribution in [2.75, 3.05) is 20.6 Å². The molecule has 0 aliphatic rings. The minimum atomic E-state index is -1.17. The van der Waals surface area contributed by atoms with Gasteiger partial charge in [0.15, 0.2) is 0 Å². The van der Waals surface area contributed by atoms with Crippen LogP contribution in [0.5, 0.6) is 0 Å². The van der Waals surface area contributed by atoms with Gasteiger partial charge in [0.2, 0.25) is 17.7 Å². The lowest BCUT2D eigenvalue weighted by atomic mass is 10.0. The first-order valence-electron chi connectivity index (χ1n) is 10.3. The van der Waals surface area contributed by atoms with Gasteiger partial charge in [-0.15, -0.1) is 0 Å². The van der Waals surface area contributed by atoms with Gasteiger partial charge in [-0.1, -0.05) is 44.2 Å². The molecular formula is C22H34N4O5. The summed E-state index contributed by atoms with van der Waals surface area (Å²) in [7, 11) is 3.24. The van der Waals surface area contributed by atoms with E-state index in [-0.39, 0.29) is 11.8 Å². The Morgan fingerprint density at radius 3 is 2.13 bits per heavy atom. The topological polar surface area (TPSA) is 128 Å². The molecule has 0 saturated heterocycles. The summed E-state index contributed by atoms with van der Waals surface area (Å²) in [5, 5.41) is 16.7. The first kappa shape index (κ1) is 26.1. The van der Waals surface area contributed by atoms with Gasteiger partial charge in [-0.25, -0.2) is 0 Å². The standard InChI is InChI=1S/C22H34N4O5/c1-14(2)11-17(21(30)24-13-19(27)28)25-20(29)15(3)26(5)22(31)18(23-4)12-16-9-7-6-8-10-16/h6-10,14-15,17-18,23H,11-13H2,1-5H3,(H,24,30)(H,25,29)(H,27,28)/t15-,17-,18-/m0/s1. The Bertz CT molecular complexity index is 754. The van der Waals surface area contributed by atoms with E-state index in [0.717, 1.165) is 5.56 Å². The summed E-state index contributed by atoms with van der Waals surface area (Å²) in [6, 6.07) is 7.35. The van der Waals surface area contributed by atoms with E-state index in [1.807, 2.05) is 44.2 Å². The monoisotopic (exact) mass is 434 g/mol. The molecular weight excluding hydrogens is 400 g/mol. The molecule has 3 amide bonds. The van der Waals surface area contributed by atoms with Crippen molar-refractivity contribution in [1.29, 1.82) is 0 Å². The number of aliphatic carboxylic acids is 1. The molecule has 4 N–H and O–H groups in total. The van der Waals surface area contributed by atoms with Crippen LogP contribution in [0.15, 0.2) is 30.3 Å².